The number of ether oxygens (including phenoxy) is 1. The number of amides is 1. The summed E-state index contributed by atoms with van der Waals surface area (Å²) in [5, 5.41) is 3.04. The molecule has 1 unspecified atom stereocenters. The fourth-order valence-corrected chi connectivity index (χ4v) is 4.19. The van der Waals surface area contributed by atoms with Gasteiger partial charge in [0.1, 0.15) is 11.9 Å². The number of hydrogen-bond donors (Lipinski definition) is 1. The van der Waals surface area contributed by atoms with E-state index in [1.165, 1.54) is 17.3 Å². The van der Waals surface area contributed by atoms with Crippen molar-refractivity contribution >= 4 is 17.7 Å². The Morgan fingerprint density at radius 2 is 1.83 bits per heavy atom. The second-order valence-corrected chi connectivity index (χ2v) is 8.23. The molecule has 2 heterocycles. The normalized spacial score (nSPS) is 16.2. The number of aromatic nitrogens is 1. The van der Waals surface area contributed by atoms with Crippen LogP contribution in [0.25, 0.3) is 0 Å². The Labute approximate surface area is 181 Å². The maximum Gasteiger partial charge on any atom is 0.230 e. The third-order valence-electron chi connectivity index (χ3n) is 5.00. The van der Waals surface area contributed by atoms with Gasteiger partial charge in [-0.05, 0) is 23.8 Å². The van der Waals surface area contributed by atoms with E-state index >= 15 is 0 Å². The van der Waals surface area contributed by atoms with E-state index in [4.69, 9.17) is 4.74 Å². The van der Waals surface area contributed by atoms with E-state index in [0.29, 0.717) is 12.3 Å². The topological polar surface area (TPSA) is 54.5 Å². The second kappa shape index (κ2) is 10.3. The molecule has 1 N–H and O–H groups in total. The van der Waals surface area contributed by atoms with E-state index in [-0.39, 0.29) is 12.0 Å². The number of carbonyl (C=O) groups is 1. The number of rotatable bonds is 7. The summed E-state index contributed by atoms with van der Waals surface area (Å²) < 4.78 is 6.35. The van der Waals surface area contributed by atoms with Crippen LogP contribution in [-0.2, 0) is 11.3 Å². The molecule has 0 fully saturated rings. The molecule has 0 spiro atoms. The third kappa shape index (κ3) is 5.62. The van der Waals surface area contributed by atoms with E-state index in [1.807, 2.05) is 48.5 Å². The number of benzene rings is 2. The predicted molar refractivity (Wildman–Crippen MR) is 120 cm³/mol. The van der Waals surface area contributed by atoms with Gasteiger partial charge in [-0.1, -0.05) is 48.5 Å². The zero-order valence-electron chi connectivity index (χ0n) is 16.7. The summed E-state index contributed by atoms with van der Waals surface area (Å²) in [6.45, 7) is 2.97. The minimum atomic E-state index is -0.0344. The summed E-state index contributed by atoms with van der Waals surface area (Å²) >= 11 is 1.52. The smallest absolute Gasteiger partial charge is 0.230 e. The molecule has 2 aromatic carbocycles. The molecule has 1 aliphatic rings. The molecule has 1 amide bonds. The minimum Gasteiger partial charge on any atom is -0.484 e. The molecule has 1 aromatic heterocycles. The molecular weight excluding hydrogens is 394 g/mol. The van der Waals surface area contributed by atoms with Crippen molar-refractivity contribution in [3.05, 3.63) is 90.3 Å². The summed E-state index contributed by atoms with van der Waals surface area (Å²) in [6, 6.07) is 22.3. The fourth-order valence-electron chi connectivity index (χ4n) is 3.48. The highest BCUT2D eigenvalue weighted by Gasteiger charge is 2.23. The average molecular weight is 420 g/mol. The van der Waals surface area contributed by atoms with Crippen LogP contribution in [0.5, 0.6) is 5.75 Å². The fraction of sp³-hybridized carbons (Fsp3) is 0.250. The molecular formula is C24H25N3O2S. The lowest BCUT2D eigenvalue weighted by molar-refractivity contribution is -0.118. The van der Waals surface area contributed by atoms with Gasteiger partial charge in [-0.3, -0.25) is 14.7 Å². The van der Waals surface area contributed by atoms with Crippen LogP contribution < -0.4 is 10.1 Å². The third-order valence-corrected chi connectivity index (χ3v) is 6.01. The first kappa shape index (κ1) is 20.4. The standard InChI is InChI=1S/C24H25N3O2S/c28-24(18-30-21-10-12-25-13-11-21)26-14-15-27-16-20-8-4-5-9-22(20)29-23(17-27)19-6-2-1-3-7-19/h1-13,23H,14-18H2,(H,26,28). The number of hydrogen-bond acceptors (Lipinski definition) is 5. The largest absolute Gasteiger partial charge is 0.484 e. The number of nitrogens with zero attached hydrogens (tertiary/aromatic N) is 2. The van der Waals surface area contributed by atoms with Gasteiger partial charge in [0.2, 0.25) is 5.91 Å². The summed E-state index contributed by atoms with van der Waals surface area (Å²) in [6.07, 6.45) is 3.44. The lowest BCUT2D eigenvalue weighted by Crippen LogP contribution is -2.37. The quantitative estimate of drug-likeness (QED) is 0.588. The van der Waals surface area contributed by atoms with Crippen LogP contribution in [-0.4, -0.2) is 41.2 Å². The van der Waals surface area contributed by atoms with Crippen molar-refractivity contribution in [1.29, 1.82) is 0 Å². The number of carbonyl (C=O) groups excluding carboxylic acids is 1. The average Bonchev–Trinajstić information content (AvgIpc) is 2.98. The van der Waals surface area contributed by atoms with Crippen molar-refractivity contribution in [2.75, 3.05) is 25.4 Å². The molecule has 5 nitrogen and oxygen atoms in total. The van der Waals surface area contributed by atoms with Crippen LogP contribution in [0.2, 0.25) is 0 Å². The maximum atomic E-state index is 12.2. The Morgan fingerprint density at radius 1 is 1.07 bits per heavy atom. The van der Waals surface area contributed by atoms with Gasteiger partial charge in [0.25, 0.3) is 0 Å². The van der Waals surface area contributed by atoms with Gasteiger partial charge in [-0.15, -0.1) is 11.8 Å². The lowest BCUT2D eigenvalue weighted by Gasteiger charge is -2.24. The van der Waals surface area contributed by atoms with Crippen molar-refractivity contribution in [1.82, 2.24) is 15.2 Å². The number of pyridine rings is 1. The van der Waals surface area contributed by atoms with Crippen molar-refractivity contribution in [3.8, 4) is 5.75 Å². The van der Waals surface area contributed by atoms with Crippen LogP contribution in [0, 0.1) is 0 Å². The van der Waals surface area contributed by atoms with Crippen LogP contribution in [0.4, 0.5) is 0 Å². The van der Waals surface area contributed by atoms with E-state index in [0.717, 1.165) is 35.8 Å². The monoisotopic (exact) mass is 419 g/mol. The van der Waals surface area contributed by atoms with Gasteiger partial charge in [-0.2, -0.15) is 0 Å². The maximum absolute atomic E-state index is 12.2. The first-order valence-corrected chi connectivity index (χ1v) is 11.1. The van der Waals surface area contributed by atoms with Gasteiger partial charge >= 0.3 is 0 Å². The SMILES string of the molecule is O=C(CSc1ccncc1)NCCN1Cc2ccccc2OC(c2ccccc2)C1. The molecule has 154 valence electrons. The summed E-state index contributed by atoms with van der Waals surface area (Å²) in [5.41, 5.74) is 2.34. The zero-order chi connectivity index (χ0) is 20.6. The van der Waals surface area contributed by atoms with E-state index in [1.54, 1.807) is 12.4 Å². The van der Waals surface area contributed by atoms with Crippen LogP contribution in [0.15, 0.2) is 84.0 Å². The van der Waals surface area contributed by atoms with Crippen molar-refractivity contribution in [2.24, 2.45) is 0 Å². The molecule has 0 radical (unpaired) electrons. The summed E-state index contributed by atoms with van der Waals surface area (Å²) in [7, 11) is 0. The number of fused-ring (bicyclic) bond motifs is 1. The Kier molecular flexibility index (Phi) is 7.00. The van der Waals surface area contributed by atoms with Crippen molar-refractivity contribution in [2.45, 2.75) is 17.5 Å². The highest BCUT2D eigenvalue weighted by molar-refractivity contribution is 8.00. The Morgan fingerprint density at radius 3 is 2.67 bits per heavy atom. The molecule has 0 aliphatic carbocycles. The number of nitrogens with one attached hydrogen (secondary N) is 1. The second-order valence-electron chi connectivity index (χ2n) is 7.18. The molecule has 1 aliphatic heterocycles. The van der Waals surface area contributed by atoms with Crippen LogP contribution in [0.3, 0.4) is 0 Å². The molecule has 6 heteroatoms. The van der Waals surface area contributed by atoms with E-state index < -0.39 is 0 Å². The minimum absolute atomic E-state index is 0.0344. The van der Waals surface area contributed by atoms with Gasteiger partial charge < -0.3 is 10.1 Å². The molecule has 0 bridgehead atoms. The zero-order valence-corrected chi connectivity index (χ0v) is 17.6. The van der Waals surface area contributed by atoms with E-state index in [2.05, 4.69) is 33.4 Å². The number of thioether (sulfide) groups is 1. The van der Waals surface area contributed by atoms with Gasteiger partial charge in [-0.25, -0.2) is 0 Å². The van der Waals surface area contributed by atoms with Gasteiger partial charge in [0.05, 0.1) is 5.75 Å². The Hall–Kier alpha value is -2.83. The molecule has 0 saturated carbocycles. The number of para-hydroxylation sites is 1. The predicted octanol–water partition coefficient (Wildman–Crippen LogP) is 3.93. The first-order chi connectivity index (χ1) is 14.8. The Balaban J connectivity index is 1.34. The van der Waals surface area contributed by atoms with Crippen molar-refractivity contribution in [3.63, 3.8) is 0 Å². The Bertz CT molecular complexity index is 953. The van der Waals surface area contributed by atoms with Gasteiger partial charge in [0.15, 0.2) is 0 Å². The molecule has 0 saturated heterocycles. The highest BCUT2D eigenvalue weighted by Crippen LogP contribution is 2.30. The molecule has 4 rings (SSSR count). The highest BCUT2D eigenvalue weighted by atomic mass is 32.2. The van der Waals surface area contributed by atoms with E-state index in [9.17, 15) is 4.79 Å². The summed E-state index contributed by atoms with van der Waals surface area (Å²) in [5.74, 6) is 1.39. The van der Waals surface area contributed by atoms with Crippen LogP contribution >= 0.6 is 11.8 Å². The first-order valence-electron chi connectivity index (χ1n) is 10.1. The van der Waals surface area contributed by atoms with Crippen LogP contribution in [0.1, 0.15) is 17.2 Å². The molecule has 3 aromatic rings. The van der Waals surface area contributed by atoms with Crippen molar-refractivity contribution < 1.29 is 9.53 Å². The summed E-state index contributed by atoms with van der Waals surface area (Å²) in [4.78, 5) is 19.6. The van der Waals surface area contributed by atoms with Gasteiger partial charge in [0, 0.05) is 49.0 Å². The molecule has 1 atom stereocenters. The molecule has 30 heavy (non-hydrogen) atoms. The lowest BCUT2D eigenvalue weighted by atomic mass is 10.1.